The van der Waals surface area contributed by atoms with E-state index in [1.165, 1.54) is 25.1 Å². The SMILES string of the molecule is COc1cccc2c(OC3CC4C(=O)NC5(C(=O)NS(=O)(=O)C6(C)CC6)CC5C=CCCC(C)CC(C)C(NC(=O)OC(C)(C)C(F)(F)F)C(=O)N4C3)nccc12. The minimum Gasteiger partial charge on any atom is -0.496 e. The van der Waals surface area contributed by atoms with E-state index in [2.05, 4.69) is 20.3 Å². The zero-order valence-electron chi connectivity index (χ0n) is 32.8. The quantitative estimate of drug-likeness (QED) is 0.310. The number of amides is 4. The van der Waals surface area contributed by atoms with Crippen molar-refractivity contribution in [2.24, 2.45) is 17.8 Å². The van der Waals surface area contributed by atoms with Crippen LogP contribution in [-0.2, 0) is 29.1 Å². The third kappa shape index (κ3) is 8.51. The predicted molar refractivity (Wildman–Crippen MR) is 201 cm³/mol. The first-order valence-electron chi connectivity index (χ1n) is 19.1. The molecule has 2 saturated carbocycles. The van der Waals surface area contributed by atoms with Gasteiger partial charge in [0.05, 0.1) is 18.4 Å². The van der Waals surface area contributed by atoms with E-state index < -0.39 is 85.9 Å². The lowest BCUT2D eigenvalue weighted by Crippen LogP contribution is -2.59. The number of alkyl halides is 3. The summed E-state index contributed by atoms with van der Waals surface area (Å²) in [4.78, 5) is 61.8. The van der Waals surface area contributed by atoms with Crippen LogP contribution >= 0.6 is 0 Å². The Bertz CT molecular complexity index is 2060. The fourth-order valence-electron chi connectivity index (χ4n) is 7.62. The fraction of sp³-hybridized carbons (Fsp3) is 0.615. The summed E-state index contributed by atoms with van der Waals surface area (Å²) >= 11 is 0. The number of pyridine rings is 1. The van der Waals surface area contributed by atoms with Gasteiger partial charge in [-0.15, -0.1) is 0 Å². The highest BCUT2D eigenvalue weighted by molar-refractivity contribution is 7.91. The summed E-state index contributed by atoms with van der Waals surface area (Å²) in [5, 5.41) is 6.45. The number of rotatable bonds is 8. The van der Waals surface area contributed by atoms with Crippen LogP contribution in [0.25, 0.3) is 10.8 Å². The topological polar surface area (TPSA) is 182 Å². The van der Waals surface area contributed by atoms with Crippen molar-refractivity contribution in [1.82, 2.24) is 25.2 Å². The second kappa shape index (κ2) is 15.3. The van der Waals surface area contributed by atoms with Gasteiger partial charge >= 0.3 is 12.3 Å². The Morgan fingerprint density at radius 3 is 2.46 bits per heavy atom. The Balaban J connectivity index is 1.36. The van der Waals surface area contributed by atoms with Gasteiger partial charge in [0.2, 0.25) is 33.3 Å². The molecular formula is C39H50F3N5O9S. The molecule has 14 nitrogen and oxygen atoms in total. The maximum atomic E-state index is 14.7. The van der Waals surface area contributed by atoms with Gasteiger partial charge in [-0.3, -0.25) is 19.1 Å². The minimum atomic E-state index is -4.91. The third-order valence-corrected chi connectivity index (χ3v) is 13.9. The average molecular weight is 822 g/mol. The average Bonchev–Trinajstić information content (AvgIpc) is 4.01. The molecule has 7 unspecified atom stereocenters. The van der Waals surface area contributed by atoms with Gasteiger partial charge in [-0.2, -0.15) is 13.2 Å². The number of carbonyl (C=O) groups excluding carboxylic acids is 4. The maximum absolute atomic E-state index is 14.7. The highest BCUT2D eigenvalue weighted by Crippen LogP contribution is 2.48. The van der Waals surface area contributed by atoms with Crippen LogP contribution in [-0.4, -0.2) is 96.0 Å². The number of benzene rings is 1. The largest absolute Gasteiger partial charge is 0.496 e. The van der Waals surface area contributed by atoms with Gasteiger partial charge in [0.1, 0.15) is 29.5 Å². The standard InChI is InChI=1S/C39H50F3N5O9S/c1-22-10-7-8-11-24-20-38(24,34(50)46-57(52,53)37(5)15-16-37)45-31(48)28-19-25(55-32-27-12-9-13-29(54-6)26(27)14-17-43-32)21-47(28)33(49)30(23(2)18-22)44-35(51)56-36(3,4)39(40,41)42/h8-9,11-14,17,22-25,28,30H,7,10,15-16,18-21H2,1-6H3,(H,44,51)(H,45,48)(H,46,50). The highest BCUT2D eigenvalue weighted by Gasteiger charge is 2.63. The number of hydrogen-bond donors (Lipinski definition) is 3. The molecule has 4 aliphatic rings. The maximum Gasteiger partial charge on any atom is 0.427 e. The number of aromatic nitrogens is 1. The van der Waals surface area contributed by atoms with Crippen molar-refractivity contribution in [3.63, 3.8) is 0 Å². The second-order valence-corrected chi connectivity index (χ2v) is 18.8. The number of methoxy groups -OCH3 is 1. The van der Waals surface area contributed by atoms with Gasteiger partial charge in [0.25, 0.3) is 5.91 Å². The van der Waals surface area contributed by atoms with Gasteiger partial charge in [-0.25, -0.2) is 18.2 Å². The van der Waals surface area contributed by atoms with Crippen LogP contribution < -0.4 is 24.8 Å². The molecule has 0 radical (unpaired) electrons. The molecule has 0 bridgehead atoms. The van der Waals surface area contributed by atoms with Crippen molar-refractivity contribution >= 4 is 44.6 Å². The number of fused-ring (bicyclic) bond motifs is 3. The molecule has 312 valence electrons. The first-order chi connectivity index (χ1) is 26.6. The van der Waals surface area contributed by atoms with Crippen molar-refractivity contribution in [3.8, 4) is 11.6 Å². The number of sulfonamides is 1. The van der Waals surface area contributed by atoms with E-state index in [0.29, 0.717) is 62.5 Å². The number of nitrogens with zero attached hydrogens (tertiary/aromatic N) is 2. The molecule has 6 rings (SSSR count). The second-order valence-electron chi connectivity index (χ2n) is 16.7. The Labute approximate surface area is 329 Å². The molecule has 3 fully saturated rings. The molecule has 3 N–H and O–H groups in total. The highest BCUT2D eigenvalue weighted by atomic mass is 32.2. The van der Waals surface area contributed by atoms with Crippen LogP contribution in [0.3, 0.4) is 0 Å². The van der Waals surface area contributed by atoms with E-state index in [1.54, 1.807) is 37.3 Å². The molecule has 18 heteroatoms. The summed E-state index contributed by atoms with van der Waals surface area (Å²) in [6, 6.07) is 4.26. The lowest BCUT2D eigenvalue weighted by molar-refractivity contribution is -0.244. The molecule has 2 aliphatic heterocycles. The van der Waals surface area contributed by atoms with E-state index >= 15 is 0 Å². The third-order valence-electron chi connectivity index (χ3n) is 11.8. The predicted octanol–water partition coefficient (Wildman–Crippen LogP) is 4.91. The van der Waals surface area contributed by atoms with Crippen LogP contribution in [0.1, 0.15) is 79.6 Å². The molecule has 1 aromatic carbocycles. The molecular weight excluding hydrogens is 772 g/mol. The Kier molecular flexibility index (Phi) is 11.3. The minimum absolute atomic E-state index is 0.0363. The molecule has 3 heterocycles. The lowest BCUT2D eigenvalue weighted by atomic mass is 9.88. The number of carbonyl (C=O) groups is 4. The monoisotopic (exact) mass is 821 g/mol. The van der Waals surface area contributed by atoms with Gasteiger partial charge in [-0.1, -0.05) is 32.1 Å². The van der Waals surface area contributed by atoms with Crippen LogP contribution in [0.15, 0.2) is 42.6 Å². The summed E-state index contributed by atoms with van der Waals surface area (Å²) in [6.07, 6.45) is 0.185. The Morgan fingerprint density at radius 1 is 1.07 bits per heavy atom. The number of allylic oxidation sites excluding steroid dienone is 1. The smallest absolute Gasteiger partial charge is 0.427 e. The molecule has 1 saturated heterocycles. The van der Waals surface area contributed by atoms with Crippen molar-refractivity contribution < 1.29 is 55.0 Å². The van der Waals surface area contributed by atoms with Gasteiger partial charge in [0.15, 0.2) is 0 Å². The molecule has 1 aromatic heterocycles. The summed E-state index contributed by atoms with van der Waals surface area (Å²) < 4.78 is 85.2. The van der Waals surface area contributed by atoms with Crippen molar-refractivity contribution in [1.29, 1.82) is 0 Å². The molecule has 4 amide bonds. The first-order valence-corrected chi connectivity index (χ1v) is 20.6. The van der Waals surface area contributed by atoms with Crippen LogP contribution in [0.2, 0.25) is 0 Å². The molecule has 57 heavy (non-hydrogen) atoms. The summed E-state index contributed by atoms with van der Waals surface area (Å²) in [6.45, 7) is 6.33. The summed E-state index contributed by atoms with van der Waals surface area (Å²) in [7, 11) is -2.56. The number of ether oxygens (including phenoxy) is 3. The van der Waals surface area contributed by atoms with E-state index in [1.807, 2.05) is 13.0 Å². The molecule has 7 atom stereocenters. The number of halogens is 3. The fourth-order valence-corrected chi connectivity index (χ4v) is 8.94. The number of hydrogen-bond acceptors (Lipinski definition) is 10. The van der Waals surface area contributed by atoms with Gasteiger partial charge in [0, 0.05) is 29.3 Å². The van der Waals surface area contributed by atoms with Gasteiger partial charge in [-0.05, 0) is 89.3 Å². The van der Waals surface area contributed by atoms with E-state index in [0.717, 1.165) is 0 Å². The first kappa shape index (κ1) is 42.0. The zero-order chi connectivity index (χ0) is 41.7. The van der Waals surface area contributed by atoms with Crippen LogP contribution in [0.4, 0.5) is 18.0 Å². The lowest BCUT2D eigenvalue weighted by Gasteiger charge is -2.34. The molecule has 2 aromatic rings. The zero-order valence-corrected chi connectivity index (χ0v) is 33.6. The van der Waals surface area contributed by atoms with Crippen LogP contribution in [0, 0.1) is 17.8 Å². The Hall–Kier alpha value is -4.61. The normalized spacial score (nSPS) is 29.2. The van der Waals surface area contributed by atoms with E-state index in [9.17, 15) is 40.8 Å². The number of nitrogens with one attached hydrogen (secondary N) is 3. The Morgan fingerprint density at radius 2 is 1.79 bits per heavy atom. The molecule has 0 spiro atoms. The van der Waals surface area contributed by atoms with E-state index in [4.69, 9.17) is 14.2 Å². The van der Waals surface area contributed by atoms with Crippen molar-refractivity contribution in [2.45, 2.75) is 120 Å². The van der Waals surface area contributed by atoms with Crippen molar-refractivity contribution in [2.75, 3.05) is 13.7 Å². The molecule has 2 aliphatic carbocycles. The van der Waals surface area contributed by atoms with Crippen molar-refractivity contribution in [3.05, 3.63) is 42.6 Å². The number of alkyl carbamates (subject to hydrolysis) is 1. The summed E-state index contributed by atoms with van der Waals surface area (Å²) in [5.74, 6) is -2.93. The van der Waals surface area contributed by atoms with E-state index in [-0.39, 0.29) is 31.2 Å². The summed E-state index contributed by atoms with van der Waals surface area (Å²) in [5.41, 5.74) is -4.52. The van der Waals surface area contributed by atoms with Crippen LogP contribution in [0.5, 0.6) is 11.6 Å². The van der Waals surface area contributed by atoms with Gasteiger partial charge < -0.3 is 29.7 Å².